The number of amides is 1. The Labute approximate surface area is 194 Å². The largest absolute Gasteiger partial charge is 0.493 e. The molecule has 2 heterocycles. The van der Waals surface area contributed by atoms with Crippen molar-refractivity contribution in [1.82, 2.24) is 20.2 Å². The normalized spacial score (nSPS) is 14.5. The van der Waals surface area contributed by atoms with Crippen LogP contribution in [0.4, 0.5) is 11.6 Å². The van der Waals surface area contributed by atoms with Gasteiger partial charge in [0.15, 0.2) is 11.5 Å². The first-order valence-electron chi connectivity index (χ1n) is 11.0. The number of aromatic nitrogens is 2. The standard InChI is InChI=1S/C25H29N5O3/c1-32-22-8-7-18(15-23(22)33-2)17-30-13-9-20(10-14-30)28-24(31)19-5-3-6-21(16-19)29-25-26-11-4-12-27-25/h3-8,11-12,15-16,20H,9-10,13-14,17H2,1-2H3,(H,28,31)(H,26,27,29). The topological polar surface area (TPSA) is 88.6 Å². The quantitative estimate of drug-likeness (QED) is 0.545. The van der Waals surface area contributed by atoms with Gasteiger partial charge in [0.25, 0.3) is 5.91 Å². The Hall–Kier alpha value is -3.65. The molecule has 3 aromatic rings. The number of methoxy groups -OCH3 is 2. The van der Waals surface area contributed by atoms with E-state index < -0.39 is 0 Å². The minimum absolute atomic E-state index is 0.0639. The highest BCUT2D eigenvalue weighted by Gasteiger charge is 2.21. The molecule has 1 aliphatic heterocycles. The Balaban J connectivity index is 1.28. The Morgan fingerprint density at radius 2 is 1.76 bits per heavy atom. The summed E-state index contributed by atoms with van der Waals surface area (Å²) in [5, 5.41) is 6.30. The SMILES string of the molecule is COc1ccc(CN2CCC(NC(=O)c3cccc(Nc4ncccn4)c3)CC2)cc1OC. The molecule has 1 fully saturated rings. The molecule has 8 nitrogen and oxygen atoms in total. The first kappa shape index (κ1) is 22.5. The molecular formula is C25H29N5O3. The minimum atomic E-state index is -0.0639. The summed E-state index contributed by atoms with van der Waals surface area (Å²) in [6.45, 7) is 2.69. The molecule has 33 heavy (non-hydrogen) atoms. The van der Waals surface area contributed by atoms with Crippen LogP contribution in [0, 0.1) is 0 Å². The molecule has 0 unspecified atom stereocenters. The second-order valence-electron chi connectivity index (χ2n) is 7.99. The average molecular weight is 448 g/mol. The molecule has 0 atom stereocenters. The molecule has 2 aromatic carbocycles. The number of carbonyl (C=O) groups is 1. The Morgan fingerprint density at radius 3 is 2.48 bits per heavy atom. The Morgan fingerprint density at radius 1 is 1.00 bits per heavy atom. The molecule has 2 N–H and O–H groups in total. The van der Waals surface area contributed by atoms with Crippen LogP contribution in [0.3, 0.4) is 0 Å². The lowest BCUT2D eigenvalue weighted by Gasteiger charge is -2.32. The summed E-state index contributed by atoms with van der Waals surface area (Å²) in [6, 6.07) is 15.3. The van der Waals surface area contributed by atoms with Crippen molar-refractivity contribution >= 4 is 17.5 Å². The molecule has 0 radical (unpaired) electrons. The van der Waals surface area contributed by atoms with Crippen molar-refractivity contribution in [2.45, 2.75) is 25.4 Å². The summed E-state index contributed by atoms with van der Waals surface area (Å²) < 4.78 is 10.7. The third-order valence-electron chi connectivity index (χ3n) is 5.72. The summed E-state index contributed by atoms with van der Waals surface area (Å²) in [7, 11) is 3.29. The molecule has 172 valence electrons. The second kappa shape index (κ2) is 10.8. The van der Waals surface area contributed by atoms with Crippen LogP contribution in [0.15, 0.2) is 60.9 Å². The number of anilines is 2. The smallest absolute Gasteiger partial charge is 0.251 e. The number of nitrogens with one attached hydrogen (secondary N) is 2. The van der Waals surface area contributed by atoms with E-state index in [1.54, 1.807) is 32.7 Å². The van der Waals surface area contributed by atoms with Crippen molar-refractivity contribution in [1.29, 1.82) is 0 Å². The van der Waals surface area contributed by atoms with Crippen LogP contribution < -0.4 is 20.1 Å². The van der Waals surface area contributed by atoms with E-state index in [-0.39, 0.29) is 11.9 Å². The van der Waals surface area contributed by atoms with E-state index in [2.05, 4.69) is 31.6 Å². The Bertz CT molecular complexity index is 1070. The van der Waals surface area contributed by atoms with Gasteiger partial charge in [-0.2, -0.15) is 0 Å². The first-order valence-corrected chi connectivity index (χ1v) is 11.0. The Kier molecular flexibility index (Phi) is 7.36. The van der Waals surface area contributed by atoms with Gasteiger partial charge in [0.05, 0.1) is 14.2 Å². The van der Waals surface area contributed by atoms with E-state index in [1.807, 2.05) is 36.4 Å². The van der Waals surface area contributed by atoms with Crippen LogP contribution in [0.2, 0.25) is 0 Å². The number of rotatable bonds is 8. The van der Waals surface area contributed by atoms with Crippen molar-refractivity contribution in [2.75, 3.05) is 32.6 Å². The van der Waals surface area contributed by atoms with Crippen molar-refractivity contribution in [3.05, 3.63) is 72.1 Å². The molecule has 0 saturated carbocycles. The zero-order valence-corrected chi connectivity index (χ0v) is 19.0. The molecule has 0 spiro atoms. The fourth-order valence-electron chi connectivity index (χ4n) is 3.97. The van der Waals surface area contributed by atoms with Gasteiger partial charge in [0, 0.05) is 49.3 Å². The molecule has 1 saturated heterocycles. The van der Waals surface area contributed by atoms with E-state index in [0.29, 0.717) is 11.5 Å². The maximum absolute atomic E-state index is 12.8. The third-order valence-corrected chi connectivity index (χ3v) is 5.72. The van der Waals surface area contributed by atoms with Crippen LogP contribution >= 0.6 is 0 Å². The highest BCUT2D eigenvalue weighted by atomic mass is 16.5. The average Bonchev–Trinajstić information content (AvgIpc) is 2.86. The van der Waals surface area contributed by atoms with E-state index in [4.69, 9.17) is 9.47 Å². The maximum atomic E-state index is 12.8. The van der Waals surface area contributed by atoms with Crippen molar-refractivity contribution in [3.63, 3.8) is 0 Å². The summed E-state index contributed by atoms with van der Waals surface area (Å²) in [5.41, 5.74) is 2.57. The van der Waals surface area contributed by atoms with E-state index in [9.17, 15) is 4.79 Å². The van der Waals surface area contributed by atoms with E-state index >= 15 is 0 Å². The van der Waals surface area contributed by atoms with Gasteiger partial charge in [-0.15, -0.1) is 0 Å². The number of benzene rings is 2. The number of likely N-dealkylation sites (tertiary alicyclic amines) is 1. The van der Waals surface area contributed by atoms with Crippen molar-refractivity contribution in [3.8, 4) is 11.5 Å². The van der Waals surface area contributed by atoms with Gasteiger partial charge in [-0.25, -0.2) is 9.97 Å². The van der Waals surface area contributed by atoms with E-state index in [1.165, 1.54) is 5.56 Å². The molecule has 1 aliphatic rings. The maximum Gasteiger partial charge on any atom is 0.251 e. The zero-order valence-electron chi connectivity index (χ0n) is 19.0. The predicted molar refractivity (Wildman–Crippen MR) is 127 cm³/mol. The van der Waals surface area contributed by atoms with Crippen LogP contribution in [-0.2, 0) is 6.54 Å². The van der Waals surface area contributed by atoms with Crippen LogP contribution in [0.25, 0.3) is 0 Å². The van der Waals surface area contributed by atoms with Gasteiger partial charge >= 0.3 is 0 Å². The summed E-state index contributed by atoms with van der Waals surface area (Å²) in [5.74, 6) is 1.91. The number of hydrogen-bond acceptors (Lipinski definition) is 7. The summed E-state index contributed by atoms with van der Waals surface area (Å²) in [4.78, 5) is 23.5. The fraction of sp³-hybridized carbons (Fsp3) is 0.320. The van der Waals surface area contributed by atoms with Gasteiger partial charge in [0.2, 0.25) is 5.95 Å². The molecular weight excluding hydrogens is 418 g/mol. The number of ether oxygens (including phenoxy) is 2. The van der Waals surface area contributed by atoms with Crippen LogP contribution in [0.1, 0.15) is 28.8 Å². The number of piperidine rings is 1. The van der Waals surface area contributed by atoms with E-state index in [0.717, 1.165) is 49.7 Å². The molecule has 1 aromatic heterocycles. The van der Waals surface area contributed by atoms with Gasteiger partial charge in [-0.3, -0.25) is 9.69 Å². The molecule has 0 aliphatic carbocycles. The summed E-state index contributed by atoms with van der Waals surface area (Å²) in [6.07, 6.45) is 5.16. The van der Waals surface area contributed by atoms with Crippen molar-refractivity contribution in [2.24, 2.45) is 0 Å². The first-order chi connectivity index (χ1) is 16.1. The number of nitrogens with zero attached hydrogens (tertiary/aromatic N) is 3. The second-order valence-corrected chi connectivity index (χ2v) is 7.99. The number of carbonyl (C=O) groups excluding carboxylic acids is 1. The summed E-state index contributed by atoms with van der Waals surface area (Å²) >= 11 is 0. The minimum Gasteiger partial charge on any atom is -0.493 e. The molecule has 0 bridgehead atoms. The molecule has 4 rings (SSSR count). The highest BCUT2D eigenvalue weighted by Crippen LogP contribution is 2.28. The lowest BCUT2D eigenvalue weighted by atomic mass is 10.0. The fourth-order valence-corrected chi connectivity index (χ4v) is 3.97. The third kappa shape index (κ3) is 5.98. The number of hydrogen-bond donors (Lipinski definition) is 2. The highest BCUT2D eigenvalue weighted by molar-refractivity contribution is 5.95. The molecule has 8 heteroatoms. The zero-order chi connectivity index (χ0) is 23.0. The lowest BCUT2D eigenvalue weighted by Crippen LogP contribution is -2.44. The van der Waals surface area contributed by atoms with Gasteiger partial charge in [-0.05, 0) is 54.8 Å². The van der Waals surface area contributed by atoms with Gasteiger partial charge in [-0.1, -0.05) is 12.1 Å². The van der Waals surface area contributed by atoms with Crippen LogP contribution in [-0.4, -0.2) is 54.1 Å². The monoisotopic (exact) mass is 447 g/mol. The van der Waals surface area contributed by atoms with Gasteiger partial charge in [0.1, 0.15) is 0 Å². The predicted octanol–water partition coefficient (Wildman–Crippen LogP) is 3.63. The van der Waals surface area contributed by atoms with Crippen molar-refractivity contribution < 1.29 is 14.3 Å². The lowest BCUT2D eigenvalue weighted by molar-refractivity contribution is 0.0909. The van der Waals surface area contributed by atoms with Gasteiger partial charge < -0.3 is 20.1 Å². The molecule has 1 amide bonds. The van der Waals surface area contributed by atoms with Crippen LogP contribution in [0.5, 0.6) is 11.5 Å².